The van der Waals surface area contributed by atoms with Crippen LogP contribution in [0.2, 0.25) is 0 Å². The fourth-order valence-corrected chi connectivity index (χ4v) is 1.23. The summed E-state index contributed by atoms with van der Waals surface area (Å²) in [5, 5.41) is 0. The average Bonchev–Trinajstić information content (AvgIpc) is 1.85. The van der Waals surface area contributed by atoms with Crippen LogP contribution in [0.15, 0.2) is 16.7 Å². The Labute approximate surface area is 68.4 Å². The number of pyridine rings is 1. The molecule has 0 bridgehead atoms. The van der Waals surface area contributed by atoms with Crippen LogP contribution in [0.3, 0.4) is 0 Å². The summed E-state index contributed by atoms with van der Waals surface area (Å²) in [6, 6.07) is 3.81. The molecule has 0 aromatic carbocycles. The predicted molar refractivity (Wildman–Crippen MR) is 43.2 cm³/mol. The molecule has 0 atom stereocenters. The molecule has 0 saturated heterocycles. The maximum atomic E-state index is 4.93. The van der Waals surface area contributed by atoms with Gasteiger partial charge < -0.3 is 4.74 Å². The van der Waals surface area contributed by atoms with E-state index in [1.54, 1.807) is 7.11 Å². The lowest BCUT2D eigenvalue weighted by atomic mass is 10.3. The Hall–Kier alpha value is -0.570. The highest BCUT2D eigenvalue weighted by Gasteiger charge is 1.95. The Bertz CT molecular complexity index is 217. The Morgan fingerprint density at radius 2 is 2.20 bits per heavy atom. The van der Waals surface area contributed by atoms with Gasteiger partial charge in [-0.2, -0.15) is 0 Å². The van der Waals surface area contributed by atoms with Crippen molar-refractivity contribution in [2.75, 3.05) is 7.11 Å². The Morgan fingerprint density at radius 3 is 2.70 bits per heavy atom. The molecule has 0 unspecified atom stereocenters. The van der Waals surface area contributed by atoms with E-state index in [2.05, 4.69) is 20.9 Å². The van der Waals surface area contributed by atoms with E-state index in [1.165, 1.54) is 0 Å². The van der Waals surface area contributed by atoms with Gasteiger partial charge in [0, 0.05) is 6.07 Å². The van der Waals surface area contributed by atoms with Crippen molar-refractivity contribution < 1.29 is 4.74 Å². The summed E-state index contributed by atoms with van der Waals surface area (Å²) in [5.41, 5.74) is 1.14. The van der Waals surface area contributed by atoms with Crippen LogP contribution in [-0.4, -0.2) is 12.1 Å². The third-order valence-electron chi connectivity index (χ3n) is 1.12. The van der Waals surface area contributed by atoms with Gasteiger partial charge in [-0.15, -0.1) is 0 Å². The van der Waals surface area contributed by atoms with E-state index in [1.807, 2.05) is 19.1 Å². The molecule has 0 aliphatic rings. The van der Waals surface area contributed by atoms with Crippen molar-refractivity contribution in [3.05, 3.63) is 22.3 Å². The Kier molecular flexibility index (Phi) is 2.27. The molecule has 0 fully saturated rings. The lowest BCUT2D eigenvalue weighted by Gasteiger charge is -1.99. The number of halogens is 1. The number of hydrogen-bond acceptors (Lipinski definition) is 2. The highest BCUT2D eigenvalue weighted by molar-refractivity contribution is 9.10. The summed E-state index contributed by atoms with van der Waals surface area (Å²) in [5.74, 6) is 0.645. The minimum absolute atomic E-state index is 0.645. The zero-order valence-electron chi connectivity index (χ0n) is 5.89. The van der Waals surface area contributed by atoms with Gasteiger partial charge in [0.25, 0.3) is 0 Å². The first kappa shape index (κ1) is 7.54. The smallest absolute Gasteiger partial charge is 0.214 e. The van der Waals surface area contributed by atoms with E-state index in [-0.39, 0.29) is 0 Å². The fraction of sp³-hybridized carbons (Fsp3) is 0.286. The van der Waals surface area contributed by atoms with Crippen LogP contribution in [0.25, 0.3) is 0 Å². The molecule has 2 nitrogen and oxygen atoms in total. The molecular weight excluding hydrogens is 194 g/mol. The number of aryl methyl sites for hydroxylation is 1. The molecule has 0 N–H and O–H groups in total. The second-order valence-corrected chi connectivity index (χ2v) is 2.82. The van der Waals surface area contributed by atoms with E-state index < -0.39 is 0 Å². The molecule has 1 aromatic rings. The topological polar surface area (TPSA) is 22.1 Å². The number of rotatable bonds is 1. The fourth-order valence-electron chi connectivity index (χ4n) is 0.699. The molecule has 1 heterocycles. The third kappa shape index (κ3) is 1.70. The first-order chi connectivity index (χ1) is 4.72. The second-order valence-electron chi connectivity index (χ2n) is 2.01. The Balaban J connectivity index is 3.06. The third-order valence-corrected chi connectivity index (χ3v) is 1.53. The lowest BCUT2D eigenvalue weighted by Crippen LogP contribution is -1.88. The zero-order chi connectivity index (χ0) is 7.56. The van der Waals surface area contributed by atoms with Crippen molar-refractivity contribution in [2.45, 2.75) is 6.92 Å². The molecular formula is C7H8BrNO. The molecule has 10 heavy (non-hydrogen) atoms. The van der Waals surface area contributed by atoms with Gasteiger partial charge in [0.2, 0.25) is 5.88 Å². The molecule has 0 saturated carbocycles. The molecule has 54 valence electrons. The van der Waals surface area contributed by atoms with Crippen LogP contribution < -0.4 is 4.74 Å². The van der Waals surface area contributed by atoms with Gasteiger partial charge in [-0.1, -0.05) is 0 Å². The second kappa shape index (κ2) is 3.01. The van der Waals surface area contributed by atoms with Gasteiger partial charge >= 0.3 is 0 Å². The first-order valence-electron chi connectivity index (χ1n) is 2.90. The summed E-state index contributed by atoms with van der Waals surface area (Å²) >= 11 is 3.26. The molecule has 0 aliphatic heterocycles. The van der Waals surface area contributed by atoms with Gasteiger partial charge in [0.1, 0.15) is 4.60 Å². The first-order valence-corrected chi connectivity index (χ1v) is 3.70. The largest absolute Gasteiger partial charge is 0.481 e. The van der Waals surface area contributed by atoms with Crippen molar-refractivity contribution in [3.8, 4) is 5.88 Å². The summed E-state index contributed by atoms with van der Waals surface area (Å²) < 4.78 is 5.74. The van der Waals surface area contributed by atoms with Gasteiger partial charge in [0.15, 0.2) is 0 Å². The highest BCUT2D eigenvalue weighted by atomic mass is 79.9. The van der Waals surface area contributed by atoms with Gasteiger partial charge in [-0.3, -0.25) is 0 Å². The summed E-state index contributed by atoms with van der Waals surface area (Å²) in [7, 11) is 1.61. The van der Waals surface area contributed by atoms with E-state index in [9.17, 15) is 0 Å². The summed E-state index contributed by atoms with van der Waals surface area (Å²) in [4.78, 5) is 4.05. The number of ether oxygens (including phenoxy) is 1. The standard InChI is InChI=1S/C7H8BrNO/c1-5-3-6(8)9-7(4-5)10-2/h3-4H,1-2H3. The molecule has 1 aromatic heterocycles. The van der Waals surface area contributed by atoms with E-state index in [0.717, 1.165) is 10.2 Å². The monoisotopic (exact) mass is 201 g/mol. The molecule has 0 radical (unpaired) electrons. The maximum Gasteiger partial charge on any atom is 0.214 e. The minimum atomic E-state index is 0.645. The molecule has 0 aliphatic carbocycles. The molecule has 1 rings (SSSR count). The number of methoxy groups -OCH3 is 1. The van der Waals surface area contributed by atoms with Gasteiger partial charge in [-0.05, 0) is 34.5 Å². The highest BCUT2D eigenvalue weighted by Crippen LogP contribution is 2.14. The maximum absolute atomic E-state index is 4.93. The number of hydrogen-bond donors (Lipinski definition) is 0. The SMILES string of the molecule is COc1cc(C)cc(Br)n1. The zero-order valence-corrected chi connectivity index (χ0v) is 7.47. The van der Waals surface area contributed by atoms with Crippen LogP contribution in [-0.2, 0) is 0 Å². The van der Waals surface area contributed by atoms with Crippen LogP contribution in [0.4, 0.5) is 0 Å². The summed E-state index contributed by atoms with van der Waals surface area (Å²) in [6.45, 7) is 2.00. The normalized spacial score (nSPS) is 9.50. The molecule has 0 amide bonds. The van der Waals surface area contributed by atoms with Gasteiger partial charge in [0.05, 0.1) is 7.11 Å². The average molecular weight is 202 g/mol. The minimum Gasteiger partial charge on any atom is -0.481 e. The predicted octanol–water partition coefficient (Wildman–Crippen LogP) is 2.16. The van der Waals surface area contributed by atoms with E-state index in [4.69, 9.17) is 4.74 Å². The van der Waals surface area contributed by atoms with Crippen LogP contribution in [0.1, 0.15) is 5.56 Å². The quantitative estimate of drug-likeness (QED) is 0.651. The molecule has 3 heteroatoms. The number of nitrogens with zero attached hydrogens (tertiary/aromatic N) is 1. The van der Waals surface area contributed by atoms with Gasteiger partial charge in [-0.25, -0.2) is 4.98 Å². The van der Waals surface area contributed by atoms with Crippen LogP contribution in [0, 0.1) is 6.92 Å². The number of aromatic nitrogens is 1. The van der Waals surface area contributed by atoms with E-state index in [0.29, 0.717) is 5.88 Å². The lowest BCUT2D eigenvalue weighted by molar-refractivity contribution is 0.396. The van der Waals surface area contributed by atoms with Crippen molar-refractivity contribution >= 4 is 15.9 Å². The van der Waals surface area contributed by atoms with Crippen molar-refractivity contribution in [1.29, 1.82) is 0 Å². The van der Waals surface area contributed by atoms with E-state index >= 15 is 0 Å². The van der Waals surface area contributed by atoms with Crippen molar-refractivity contribution in [1.82, 2.24) is 4.98 Å². The van der Waals surface area contributed by atoms with Crippen LogP contribution >= 0.6 is 15.9 Å². The molecule has 0 spiro atoms. The summed E-state index contributed by atoms with van der Waals surface area (Å²) in [6.07, 6.45) is 0. The van der Waals surface area contributed by atoms with Crippen molar-refractivity contribution in [2.24, 2.45) is 0 Å². The van der Waals surface area contributed by atoms with Crippen LogP contribution in [0.5, 0.6) is 5.88 Å². The Morgan fingerprint density at radius 1 is 1.50 bits per heavy atom. The van der Waals surface area contributed by atoms with Crippen molar-refractivity contribution in [3.63, 3.8) is 0 Å².